The fourth-order valence-electron chi connectivity index (χ4n) is 2.87. The Labute approximate surface area is 167 Å². The van der Waals surface area contributed by atoms with Crippen LogP contribution in [0.25, 0.3) is 0 Å². The Morgan fingerprint density at radius 3 is 1.65 bits per heavy atom. The van der Waals surface area contributed by atoms with Gasteiger partial charge >= 0.3 is 0 Å². The van der Waals surface area contributed by atoms with Crippen molar-refractivity contribution < 1.29 is 17.7 Å². The molecule has 0 aromatic heterocycles. The highest BCUT2D eigenvalue weighted by Crippen LogP contribution is 2.13. The summed E-state index contributed by atoms with van der Waals surface area (Å²) in [5.74, 6) is 1.10. The summed E-state index contributed by atoms with van der Waals surface area (Å²) in [5.41, 5.74) is 0. The Morgan fingerprint density at radius 1 is 0.731 bits per heavy atom. The first-order valence-electron chi connectivity index (χ1n) is 10.7. The first kappa shape index (κ1) is 26.2. The molecule has 0 aromatic rings. The van der Waals surface area contributed by atoms with Gasteiger partial charge < -0.3 is 5.11 Å². The van der Waals surface area contributed by atoms with E-state index in [4.69, 9.17) is 9.29 Å². The molecule has 1 N–H and O–H groups in total. The summed E-state index contributed by atoms with van der Waals surface area (Å²) in [6, 6.07) is 0. The lowest BCUT2D eigenvalue weighted by Crippen LogP contribution is -2.13. The van der Waals surface area contributed by atoms with Gasteiger partial charge in [-0.3, -0.25) is 4.18 Å². The first-order valence-corrected chi connectivity index (χ1v) is 13.4. The minimum Gasteiger partial charge on any atom is -0.396 e. The largest absolute Gasteiger partial charge is 0.396 e. The van der Waals surface area contributed by atoms with Crippen molar-refractivity contribution in [3.05, 3.63) is 0 Å². The molecule has 158 valence electrons. The van der Waals surface area contributed by atoms with Crippen LogP contribution in [0.15, 0.2) is 0 Å². The van der Waals surface area contributed by atoms with Gasteiger partial charge in [0.05, 0.1) is 19.0 Å². The smallest absolute Gasteiger partial charge is 0.268 e. The third kappa shape index (κ3) is 20.5. The van der Waals surface area contributed by atoms with Gasteiger partial charge in [-0.15, -0.1) is 0 Å². The van der Waals surface area contributed by atoms with Gasteiger partial charge in [0.1, 0.15) is 0 Å². The Bertz CT molecular complexity index is 372. The normalized spacial score (nSPS) is 11.9. The van der Waals surface area contributed by atoms with Crippen molar-refractivity contribution >= 4 is 21.9 Å². The first-order chi connectivity index (χ1) is 12.6. The van der Waals surface area contributed by atoms with E-state index < -0.39 is 10.1 Å². The van der Waals surface area contributed by atoms with E-state index >= 15 is 0 Å². The molecular formula is C20H42O4S2. The Morgan fingerprint density at radius 2 is 1.19 bits per heavy atom. The molecular weight excluding hydrogens is 368 g/mol. The number of thioether (sulfide) groups is 1. The van der Waals surface area contributed by atoms with Crippen molar-refractivity contribution in [1.29, 1.82) is 0 Å². The average molecular weight is 411 g/mol. The third-order valence-corrected chi connectivity index (χ3v) is 6.93. The highest BCUT2D eigenvalue weighted by molar-refractivity contribution is 8.00. The van der Waals surface area contributed by atoms with Crippen molar-refractivity contribution in [2.75, 3.05) is 30.5 Å². The number of aliphatic hydroxyl groups is 1. The minimum atomic E-state index is -3.38. The maximum atomic E-state index is 11.6. The van der Waals surface area contributed by atoms with Gasteiger partial charge in [-0.25, -0.2) is 0 Å². The van der Waals surface area contributed by atoms with E-state index in [1.165, 1.54) is 88.8 Å². The average Bonchev–Trinajstić information content (AvgIpc) is 2.62. The van der Waals surface area contributed by atoms with Crippen LogP contribution in [0, 0.1) is 0 Å². The van der Waals surface area contributed by atoms with Gasteiger partial charge in [0, 0.05) is 11.5 Å². The summed E-state index contributed by atoms with van der Waals surface area (Å²) >= 11 is 1.43. The van der Waals surface area contributed by atoms with Gasteiger partial charge in [0.2, 0.25) is 0 Å². The van der Waals surface area contributed by atoms with Crippen LogP contribution in [0.1, 0.15) is 96.8 Å². The molecule has 4 nitrogen and oxygen atoms in total. The van der Waals surface area contributed by atoms with E-state index in [0.29, 0.717) is 18.1 Å². The molecule has 0 aliphatic heterocycles. The van der Waals surface area contributed by atoms with Crippen molar-refractivity contribution in [2.45, 2.75) is 96.8 Å². The van der Waals surface area contributed by atoms with Gasteiger partial charge in [0.25, 0.3) is 10.1 Å². The monoisotopic (exact) mass is 410 g/mol. The fourth-order valence-corrected chi connectivity index (χ4v) is 4.98. The van der Waals surface area contributed by atoms with Crippen LogP contribution < -0.4 is 0 Å². The molecule has 0 aromatic carbocycles. The topological polar surface area (TPSA) is 63.6 Å². The zero-order valence-corrected chi connectivity index (χ0v) is 18.6. The lowest BCUT2D eigenvalue weighted by atomic mass is 10.0. The molecule has 0 aliphatic rings. The summed E-state index contributed by atoms with van der Waals surface area (Å²) in [7, 11) is -3.38. The molecule has 0 saturated carbocycles. The van der Waals surface area contributed by atoms with Gasteiger partial charge in [0.15, 0.2) is 0 Å². The molecule has 0 bridgehead atoms. The molecule has 0 fully saturated rings. The second kappa shape index (κ2) is 20.0. The Kier molecular flexibility index (Phi) is 20.1. The lowest BCUT2D eigenvalue weighted by molar-refractivity contribution is 0.307. The maximum absolute atomic E-state index is 11.6. The molecule has 0 unspecified atom stereocenters. The SMILES string of the molecule is CCCCCCCCCCCCCCCCOS(=O)(=O)CCSCCO. The fraction of sp³-hybridized carbons (Fsp3) is 1.00. The van der Waals surface area contributed by atoms with Crippen LogP contribution in [-0.4, -0.2) is 44.0 Å². The molecule has 0 saturated heterocycles. The van der Waals surface area contributed by atoms with Crippen LogP contribution in [0.2, 0.25) is 0 Å². The number of hydrogen-bond donors (Lipinski definition) is 1. The van der Waals surface area contributed by atoms with Crippen LogP contribution in [0.5, 0.6) is 0 Å². The van der Waals surface area contributed by atoms with E-state index in [0.717, 1.165) is 12.8 Å². The third-order valence-electron chi connectivity index (χ3n) is 4.47. The summed E-state index contributed by atoms with van der Waals surface area (Å²) in [6.45, 7) is 2.66. The molecule has 0 atom stereocenters. The minimum absolute atomic E-state index is 0.0380. The molecule has 26 heavy (non-hydrogen) atoms. The molecule has 6 heteroatoms. The van der Waals surface area contributed by atoms with E-state index in [2.05, 4.69) is 6.92 Å². The zero-order valence-electron chi connectivity index (χ0n) is 16.9. The maximum Gasteiger partial charge on any atom is 0.268 e. The van der Waals surface area contributed by atoms with E-state index in [9.17, 15) is 8.42 Å². The highest BCUT2D eigenvalue weighted by atomic mass is 32.2. The van der Waals surface area contributed by atoms with Crippen molar-refractivity contribution in [3.8, 4) is 0 Å². The predicted molar refractivity (Wildman–Crippen MR) is 114 cm³/mol. The lowest BCUT2D eigenvalue weighted by Gasteiger charge is -2.06. The van der Waals surface area contributed by atoms with E-state index in [-0.39, 0.29) is 12.4 Å². The predicted octanol–water partition coefficient (Wildman–Crippen LogP) is 5.54. The summed E-state index contributed by atoms with van der Waals surface area (Å²) < 4.78 is 28.3. The van der Waals surface area contributed by atoms with Crippen LogP contribution >= 0.6 is 11.8 Å². The zero-order chi connectivity index (χ0) is 19.3. The summed E-state index contributed by atoms with van der Waals surface area (Å²) in [5, 5.41) is 8.65. The van der Waals surface area contributed by atoms with Crippen LogP contribution in [0.3, 0.4) is 0 Å². The van der Waals surface area contributed by atoms with Crippen molar-refractivity contribution in [3.63, 3.8) is 0 Å². The highest BCUT2D eigenvalue weighted by Gasteiger charge is 2.10. The van der Waals surface area contributed by atoms with Crippen molar-refractivity contribution in [2.24, 2.45) is 0 Å². The number of hydrogen-bond acceptors (Lipinski definition) is 5. The molecule has 0 aliphatic carbocycles. The van der Waals surface area contributed by atoms with E-state index in [1.54, 1.807) is 0 Å². The Balaban J connectivity index is 3.23. The molecule has 0 rings (SSSR count). The standard InChI is InChI=1S/C20H42O4S2/c1-2-3-4-5-6-7-8-9-10-11-12-13-14-15-17-24-26(22,23)20-19-25-18-16-21/h21H,2-20H2,1H3. The van der Waals surface area contributed by atoms with Crippen LogP contribution in [0.4, 0.5) is 0 Å². The summed E-state index contributed by atoms with van der Waals surface area (Å²) in [6.07, 6.45) is 18.0. The van der Waals surface area contributed by atoms with Gasteiger partial charge in [-0.2, -0.15) is 20.2 Å². The molecule has 0 spiro atoms. The molecule has 0 heterocycles. The van der Waals surface area contributed by atoms with E-state index in [1.807, 2.05) is 0 Å². The second-order valence-corrected chi connectivity index (χ2v) is 10.0. The second-order valence-electron chi connectivity index (χ2n) is 7.02. The quantitative estimate of drug-likeness (QED) is 0.199. The summed E-state index contributed by atoms with van der Waals surface area (Å²) in [4.78, 5) is 0. The van der Waals surface area contributed by atoms with Crippen LogP contribution in [-0.2, 0) is 14.3 Å². The Hall–Kier alpha value is 0.220. The molecule has 0 radical (unpaired) electrons. The van der Waals surface area contributed by atoms with Gasteiger partial charge in [-0.1, -0.05) is 90.4 Å². The molecule has 0 amide bonds. The number of unbranched alkanes of at least 4 members (excludes halogenated alkanes) is 13. The van der Waals surface area contributed by atoms with Crippen molar-refractivity contribution in [1.82, 2.24) is 0 Å². The number of rotatable bonds is 21. The number of aliphatic hydroxyl groups excluding tert-OH is 1. The van der Waals surface area contributed by atoms with Gasteiger partial charge in [-0.05, 0) is 6.42 Å².